The number of amides is 4. The smallest absolute Gasteiger partial charge is 0.409 e. The zero-order valence-corrected chi connectivity index (χ0v) is 15.9. The molecule has 27 heavy (non-hydrogen) atoms. The number of halogens is 1. The standard InChI is InChI=1S/C18H23ClN4O4/c1-2-27-18(26)22-9-7-21(8-10-22)17(25)20-14-11-16(24)23(12-14)15-5-3-13(19)4-6-15/h3-6,14H,2,7-12H2,1H3,(H,20,25)/t14-/m1/s1. The lowest BCUT2D eigenvalue weighted by Crippen LogP contribution is -2.54. The van der Waals surface area contributed by atoms with E-state index < -0.39 is 0 Å². The van der Waals surface area contributed by atoms with Crippen molar-refractivity contribution in [1.29, 1.82) is 0 Å². The van der Waals surface area contributed by atoms with Crippen molar-refractivity contribution < 1.29 is 19.1 Å². The molecule has 2 saturated heterocycles. The minimum Gasteiger partial charge on any atom is -0.450 e. The van der Waals surface area contributed by atoms with E-state index in [1.54, 1.807) is 45.9 Å². The molecule has 4 amide bonds. The van der Waals surface area contributed by atoms with Gasteiger partial charge in [0.25, 0.3) is 0 Å². The first kappa shape index (κ1) is 19.3. The minimum absolute atomic E-state index is 0.0326. The molecule has 0 bridgehead atoms. The highest BCUT2D eigenvalue weighted by Crippen LogP contribution is 2.23. The normalized spacial score (nSPS) is 20.0. The topological polar surface area (TPSA) is 82.2 Å². The van der Waals surface area contributed by atoms with Crippen LogP contribution in [0.3, 0.4) is 0 Å². The average Bonchev–Trinajstić information content (AvgIpc) is 3.02. The number of hydrogen-bond donors (Lipinski definition) is 1. The summed E-state index contributed by atoms with van der Waals surface area (Å²) in [7, 11) is 0. The fraction of sp³-hybridized carbons (Fsp3) is 0.500. The molecule has 1 N–H and O–H groups in total. The van der Waals surface area contributed by atoms with Gasteiger partial charge in [0.2, 0.25) is 5.91 Å². The molecule has 8 nitrogen and oxygen atoms in total. The molecule has 3 rings (SSSR count). The van der Waals surface area contributed by atoms with E-state index in [1.165, 1.54) is 0 Å². The summed E-state index contributed by atoms with van der Waals surface area (Å²) < 4.78 is 4.97. The highest BCUT2D eigenvalue weighted by Gasteiger charge is 2.33. The Labute approximate surface area is 163 Å². The summed E-state index contributed by atoms with van der Waals surface area (Å²) in [6.45, 7) is 4.27. The van der Waals surface area contributed by atoms with Crippen molar-refractivity contribution in [1.82, 2.24) is 15.1 Å². The first-order chi connectivity index (χ1) is 13.0. The third-order valence-electron chi connectivity index (χ3n) is 4.68. The molecule has 0 saturated carbocycles. The number of nitrogens with zero attached hydrogens (tertiary/aromatic N) is 3. The Balaban J connectivity index is 1.50. The van der Waals surface area contributed by atoms with E-state index in [4.69, 9.17) is 16.3 Å². The van der Waals surface area contributed by atoms with Crippen molar-refractivity contribution in [2.75, 3.05) is 44.2 Å². The van der Waals surface area contributed by atoms with E-state index in [2.05, 4.69) is 5.32 Å². The van der Waals surface area contributed by atoms with Crippen molar-refractivity contribution in [2.24, 2.45) is 0 Å². The van der Waals surface area contributed by atoms with Gasteiger partial charge in [0.05, 0.1) is 12.6 Å². The number of rotatable bonds is 3. The molecular formula is C18H23ClN4O4. The summed E-state index contributed by atoms with van der Waals surface area (Å²) >= 11 is 5.89. The van der Waals surface area contributed by atoms with E-state index >= 15 is 0 Å². The molecule has 0 unspecified atom stereocenters. The van der Waals surface area contributed by atoms with Crippen molar-refractivity contribution in [3.05, 3.63) is 29.3 Å². The maximum atomic E-state index is 12.5. The quantitative estimate of drug-likeness (QED) is 0.849. The predicted molar refractivity (Wildman–Crippen MR) is 101 cm³/mol. The van der Waals surface area contributed by atoms with Gasteiger partial charge < -0.3 is 24.8 Å². The number of carbonyl (C=O) groups is 3. The van der Waals surface area contributed by atoms with E-state index in [1.807, 2.05) is 0 Å². The fourth-order valence-corrected chi connectivity index (χ4v) is 3.37. The fourth-order valence-electron chi connectivity index (χ4n) is 3.25. The molecular weight excluding hydrogens is 372 g/mol. The molecule has 2 fully saturated rings. The lowest BCUT2D eigenvalue weighted by molar-refractivity contribution is -0.117. The van der Waals surface area contributed by atoms with Gasteiger partial charge in [0.15, 0.2) is 0 Å². The van der Waals surface area contributed by atoms with E-state index in [0.717, 1.165) is 5.69 Å². The van der Waals surface area contributed by atoms with Gasteiger partial charge in [-0.3, -0.25) is 4.79 Å². The third kappa shape index (κ3) is 4.63. The van der Waals surface area contributed by atoms with Crippen LogP contribution in [0.2, 0.25) is 5.02 Å². The highest BCUT2D eigenvalue weighted by atomic mass is 35.5. The first-order valence-corrected chi connectivity index (χ1v) is 9.38. The molecule has 1 aromatic carbocycles. The molecule has 1 atom stereocenters. The second kappa shape index (κ2) is 8.47. The maximum Gasteiger partial charge on any atom is 0.409 e. The number of piperazine rings is 1. The van der Waals surface area contributed by atoms with Gasteiger partial charge >= 0.3 is 12.1 Å². The van der Waals surface area contributed by atoms with Gasteiger partial charge in [-0.05, 0) is 31.2 Å². The monoisotopic (exact) mass is 394 g/mol. The Morgan fingerprint density at radius 2 is 1.78 bits per heavy atom. The molecule has 9 heteroatoms. The number of benzene rings is 1. The zero-order chi connectivity index (χ0) is 19.4. The number of ether oxygens (including phenoxy) is 1. The van der Waals surface area contributed by atoms with Crippen molar-refractivity contribution in [2.45, 2.75) is 19.4 Å². The molecule has 1 aromatic rings. The minimum atomic E-state index is -0.349. The SMILES string of the molecule is CCOC(=O)N1CCN(C(=O)N[C@@H]2CC(=O)N(c3ccc(Cl)cc3)C2)CC1. The molecule has 0 spiro atoms. The van der Waals surface area contributed by atoms with E-state index in [-0.39, 0.29) is 30.5 Å². The summed E-state index contributed by atoms with van der Waals surface area (Å²) in [5, 5.41) is 3.53. The Morgan fingerprint density at radius 1 is 1.15 bits per heavy atom. The van der Waals surface area contributed by atoms with Crippen LogP contribution in [0, 0.1) is 0 Å². The predicted octanol–water partition coefficient (Wildman–Crippen LogP) is 1.93. The van der Waals surface area contributed by atoms with Crippen molar-refractivity contribution >= 4 is 35.3 Å². The molecule has 0 radical (unpaired) electrons. The number of hydrogen-bond acceptors (Lipinski definition) is 4. The Hall–Kier alpha value is -2.48. The summed E-state index contributed by atoms with van der Waals surface area (Å²) in [4.78, 5) is 41.4. The van der Waals surface area contributed by atoms with Crippen LogP contribution >= 0.6 is 11.6 Å². The molecule has 2 aliphatic heterocycles. The number of urea groups is 1. The van der Waals surface area contributed by atoms with Crippen molar-refractivity contribution in [3.63, 3.8) is 0 Å². The second-order valence-corrected chi connectivity index (χ2v) is 6.94. The first-order valence-electron chi connectivity index (χ1n) is 9.01. The van der Waals surface area contributed by atoms with Crippen LogP contribution in [-0.2, 0) is 9.53 Å². The van der Waals surface area contributed by atoms with Crippen LogP contribution < -0.4 is 10.2 Å². The second-order valence-electron chi connectivity index (χ2n) is 6.50. The molecule has 2 heterocycles. The highest BCUT2D eigenvalue weighted by molar-refractivity contribution is 6.30. The lowest BCUT2D eigenvalue weighted by atomic mass is 10.2. The van der Waals surface area contributed by atoms with Crippen LogP contribution in [0.5, 0.6) is 0 Å². The van der Waals surface area contributed by atoms with Gasteiger partial charge in [-0.2, -0.15) is 0 Å². The lowest BCUT2D eigenvalue weighted by Gasteiger charge is -2.34. The van der Waals surface area contributed by atoms with Gasteiger partial charge in [-0.15, -0.1) is 0 Å². The molecule has 2 aliphatic rings. The summed E-state index contributed by atoms with van der Waals surface area (Å²) in [6, 6.07) is 6.59. The van der Waals surface area contributed by atoms with Gasteiger partial charge in [0.1, 0.15) is 0 Å². The van der Waals surface area contributed by atoms with Crippen LogP contribution in [0.25, 0.3) is 0 Å². The summed E-state index contributed by atoms with van der Waals surface area (Å²) in [5.41, 5.74) is 0.768. The Morgan fingerprint density at radius 3 is 2.41 bits per heavy atom. The number of carbonyl (C=O) groups excluding carboxylic acids is 3. The summed E-state index contributed by atoms with van der Waals surface area (Å²) in [6.07, 6.45) is -0.0884. The van der Waals surface area contributed by atoms with Crippen LogP contribution in [0.1, 0.15) is 13.3 Å². The van der Waals surface area contributed by atoms with Gasteiger partial charge in [-0.25, -0.2) is 9.59 Å². The van der Waals surface area contributed by atoms with Gasteiger partial charge in [-0.1, -0.05) is 11.6 Å². The average molecular weight is 395 g/mol. The maximum absolute atomic E-state index is 12.5. The van der Waals surface area contributed by atoms with E-state index in [9.17, 15) is 14.4 Å². The van der Waals surface area contributed by atoms with E-state index in [0.29, 0.717) is 44.4 Å². The molecule has 0 aliphatic carbocycles. The molecule has 146 valence electrons. The third-order valence-corrected chi connectivity index (χ3v) is 4.94. The van der Waals surface area contributed by atoms with Crippen LogP contribution in [0.15, 0.2) is 24.3 Å². The summed E-state index contributed by atoms with van der Waals surface area (Å²) in [5.74, 6) is -0.0326. The zero-order valence-electron chi connectivity index (χ0n) is 15.2. The van der Waals surface area contributed by atoms with Gasteiger partial charge in [0, 0.05) is 49.9 Å². The van der Waals surface area contributed by atoms with Crippen LogP contribution in [0.4, 0.5) is 15.3 Å². The Bertz CT molecular complexity index is 704. The Kier molecular flexibility index (Phi) is 6.05. The number of nitrogens with one attached hydrogen (secondary N) is 1. The molecule has 0 aromatic heterocycles. The largest absolute Gasteiger partial charge is 0.450 e. The van der Waals surface area contributed by atoms with Crippen molar-refractivity contribution in [3.8, 4) is 0 Å². The number of anilines is 1. The van der Waals surface area contributed by atoms with Crippen LogP contribution in [-0.4, -0.2) is 73.2 Å².